The summed E-state index contributed by atoms with van der Waals surface area (Å²) in [4.78, 5) is 12.7. The molecule has 0 aliphatic carbocycles. The number of nitrogens with one attached hydrogen (secondary N) is 1. The van der Waals surface area contributed by atoms with Crippen molar-refractivity contribution in [2.24, 2.45) is 0 Å². The highest BCUT2D eigenvalue weighted by atomic mass is 35.5. The lowest BCUT2D eigenvalue weighted by Gasteiger charge is -2.28. The van der Waals surface area contributed by atoms with E-state index in [9.17, 15) is 13.2 Å². The lowest BCUT2D eigenvalue weighted by molar-refractivity contribution is 0.102. The summed E-state index contributed by atoms with van der Waals surface area (Å²) in [6, 6.07) is 18.5. The number of carbonyl (C=O) groups is 1. The van der Waals surface area contributed by atoms with Crippen LogP contribution in [0.25, 0.3) is 0 Å². The van der Waals surface area contributed by atoms with E-state index in [1.165, 1.54) is 34.1 Å². The average molecular weight is 461 g/mol. The molecule has 0 spiro atoms. The molecule has 3 aromatic carbocycles. The van der Waals surface area contributed by atoms with Crippen molar-refractivity contribution in [3.63, 3.8) is 0 Å². The maximum Gasteiger partial charge on any atom is 0.255 e. The highest BCUT2D eigenvalue weighted by Crippen LogP contribution is 2.27. The number of halogens is 2. The second kappa shape index (κ2) is 8.40. The van der Waals surface area contributed by atoms with Crippen molar-refractivity contribution in [3.05, 3.63) is 93.5 Å². The molecular weight excluding hydrogens is 443 g/mol. The molecule has 154 valence electrons. The molecule has 0 radical (unpaired) electrons. The quantitative estimate of drug-likeness (QED) is 0.595. The van der Waals surface area contributed by atoms with Gasteiger partial charge in [0.15, 0.2) is 0 Å². The van der Waals surface area contributed by atoms with Crippen LogP contribution in [0.2, 0.25) is 10.0 Å². The van der Waals surface area contributed by atoms with E-state index in [0.29, 0.717) is 40.8 Å². The average Bonchev–Trinajstić information content (AvgIpc) is 2.76. The fraction of sp³-hybridized carbons (Fsp3) is 0.136. The summed E-state index contributed by atoms with van der Waals surface area (Å²) in [5.41, 5.74) is 2.89. The molecule has 1 aliphatic rings. The van der Waals surface area contributed by atoms with Gasteiger partial charge in [0.05, 0.1) is 15.6 Å². The van der Waals surface area contributed by atoms with Crippen molar-refractivity contribution in [2.75, 3.05) is 11.9 Å². The molecule has 8 heteroatoms. The van der Waals surface area contributed by atoms with Crippen molar-refractivity contribution in [1.29, 1.82) is 0 Å². The Labute approximate surface area is 185 Å². The van der Waals surface area contributed by atoms with Gasteiger partial charge in [0.1, 0.15) is 0 Å². The molecule has 5 nitrogen and oxygen atoms in total. The van der Waals surface area contributed by atoms with Gasteiger partial charge in [-0.2, -0.15) is 4.31 Å². The molecule has 0 atom stereocenters. The Morgan fingerprint density at radius 3 is 2.37 bits per heavy atom. The Morgan fingerprint density at radius 2 is 1.63 bits per heavy atom. The van der Waals surface area contributed by atoms with Gasteiger partial charge >= 0.3 is 0 Å². The molecule has 1 N–H and O–H groups in total. The number of benzene rings is 3. The van der Waals surface area contributed by atoms with Crippen molar-refractivity contribution >= 4 is 44.8 Å². The summed E-state index contributed by atoms with van der Waals surface area (Å²) in [6.07, 6.45) is 0.677. The molecule has 1 amide bonds. The number of sulfonamides is 1. The third kappa shape index (κ3) is 4.23. The standard InChI is InChI=1S/C22H18Cl2N2O3S/c23-18-7-10-20(24)21(13-18)25-22(27)16-5-8-19(9-6-16)30(28,29)26-12-11-15-3-1-2-4-17(15)14-26/h1-10,13H,11-12,14H2,(H,25,27). The maximum absolute atomic E-state index is 13.0. The van der Waals surface area contributed by atoms with E-state index in [1.54, 1.807) is 18.2 Å². The molecule has 0 aromatic heterocycles. The number of hydrogen-bond donors (Lipinski definition) is 1. The molecule has 30 heavy (non-hydrogen) atoms. The Hall–Kier alpha value is -2.38. The second-order valence-electron chi connectivity index (χ2n) is 6.96. The summed E-state index contributed by atoms with van der Waals surface area (Å²) in [5, 5.41) is 3.49. The number of nitrogens with zero attached hydrogens (tertiary/aromatic N) is 1. The largest absolute Gasteiger partial charge is 0.321 e. The topological polar surface area (TPSA) is 66.5 Å². The number of rotatable bonds is 4. The van der Waals surface area contributed by atoms with Gasteiger partial charge in [0.25, 0.3) is 5.91 Å². The Bertz CT molecular complexity index is 1210. The highest BCUT2D eigenvalue weighted by Gasteiger charge is 2.28. The molecule has 0 saturated heterocycles. The zero-order valence-electron chi connectivity index (χ0n) is 15.8. The van der Waals surface area contributed by atoms with Crippen LogP contribution >= 0.6 is 23.2 Å². The number of carbonyl (C=O) groups excluding carboxylic acids is 1. The Balaban J connectivity index is 1.51. The van der Waals surface area contributed by atoms with Gasteiger partial charge in [-0.05, 0) is 60.0 Å². The van der Waals surface area contributed by atoms with Crippen molar-refractivity contribution in [3.8, 4) is 0 Å². The van der Waals surface area contributed by atoms with Gasteiger partial charge < -0.3 is 5.32 Å². The van der Waals surface area contributed by atoms with E-state index in [-0.39, 0.29) is 4.90 Å². The molecule has 0 unspecified atom stereocenters. The number of anilines is 1. The van der Waals surface area contributed by atoms with E-state index >= 15 is 0 Å². The van der Waals surface area contributed by atoms with E-state index < -0.39 is 15.9 Å². The predicted molar refractivity (Wildman–Crippen MR) is 119 cm³/mol. The van der Waals surface area contributed by atoms with Gasteiger partial charge in [-0.1, -0.05) is 47.5 Å². The third-order valence-electron chi connectivity index (χ3n) is 5.03. The minimum absolute atomic E-state index is 0.152. The van der Waals surface area contributed by atoms with Crippen LogP contribution in [0.5, 0.6) is 0 Å². The first-order valence-corrected chi connectivity index (χ1v) is 11.5. The fourth-order valence-corrected chi connectivity index (χ4v) is 5.15. The van der Waals surface area contributed by atoms with Crippen LogP contribution in [-0.4, -0.2) is 25.2 Å². The normalized spacial score (nSPS) is 14.2. The van der Waals surface area contributed by atoms with Crippen molar-refractivity contribution < 1.29 is 13.2 Å². The van der Waals surface area contributed by atoms with Crippen molar-refractivity contribution in [2.45, 2.75) is 17.9 Å². The number of fused-ring (bicyclic) bond motifs is 1. The molecule has 4 rings (SSSR count). The van der Waals surface area contributed by atoms with Crippen LogP contribution in [0.15, 0.2) is 71.6 Å². The lowest BCUT2D eigenvalue weighted by atomic mass is 10.0. The highest BCUT2D eigenvalue weighted by molar-refractivity contribution is 7.89. The zero-order valence-corrected chi connectivity index (χ0v) is 18.1. The van der Waals surface area contributed by atoms with Gasteiger partial charge in [-0.25, -0.2) is 8.42 Å². The first-order valence-electron chi connectivity index (χ1n) is 9.28. The van der Waals surface area contributed by atoms with Gasteiger partial charge in [-0.3, -0.25) is 4.79 Å². The SMILES string of the molecule is O=C(Nc1cc(Cl)ccc1Cl)c1ccc(S(=O)(=O)N2CCc3ccccc3C2)cc1. The molecule has 0 bridgehead atoms. The number of amides is 1. The van der Waals surface area contributed by atoms with E-state index in [1.807, 2.05) is 24.3 Å². The fourth-order valence-electron chi connectivity index (χ4n) is 3.39. The minimum atomic E-state index is -3.66. The Morgan fingerprint density at radius 1 is 0.933 bits per heavy atom. The summed E-state index contributed by atoms with van der Waals surface area (Å²) in [5.74, 6) is -0.407. The van der Waals surface area contributed by atoms with Crippen LogP contribution in [-0.2, 0) is 23.0 Å². The third-order valence-corrected chi connectivity index (χ3v) is 7.45. The van der Waals surface area contributed by atoms with Crippen LogP contribution in [0, 0.1) is 0 Å². The molecule has 0 fully saturated rings. The maximum atomic E-state index is 13.0. The lowest BCUT2D eigenvalue weighted by Crippen LogP contribution is -2.35. The molecular formula is C22H18Cl2N2O3S. The van der Waals surface area contributed by atoms with Crippen molar-refractivity contribution in [1.82, 2.24) is 4.31 Å². The van der Waals surface area contributed by atoms with Crippen LogP contribution in [0.3, 0.4) is 0 Å². The molecule has 0 saturated carbocycles. The van der Waals surface area contributed by atoms with Gasteiger partial charge in [0.2, 0.25) is 10.0 Å². The summed E-state index contributed by atoms with van der Waals surface area (Å²) < 4.78 is 27.6. The molecule has 1 heterocycles. The van der Waals surface area contributed by atoms with Crippen LogP contribution in [0.4, 0.5) is 5.69 Å². The van der Waals surface area contributed by atoms with E-state index in [2.05, 4.69) is 5.32 Å². The van der Waals surface area contributed by atoms with Gasteiger partial charge in [-0.15, -0.1) is 0 Å². The van der Waals surface area contributed by atoms with Gasteiger partial charge in [0, 0.05) is 23.7 Å². The molecule has 1 aliphatic heterocycles. The second-order valence-corrected chi connectivity index (χ2v) is 9.74. The van der Waals surface area contributed by atoms with E-state index in [4.69, 9.17) is 23.2 Å². The molecule has 3 aromatic rings. The first kappa shape index (κ1) is 20.9. The van der Waals surface area contributed by atoms with Crippen LogP contribution < -0.4 is 5.32 Å². The zero-order chi connectivity index (χ0) is 21.3. The first-order chi connectivity index (χ1) is 14.3. The van der Waals surface area contributed by atoms with Crippen LogP contribution in [0.1, 0.15) is 21.5 Å². The number of hydrogen-bond acceptors (Lipinski definition) is 3. The smallest absolute Gasteiger partial charge is 0.255 e. The van der Waals surface area contributed by atoms with E-state index in [0.717, 1.165) is 5.56 Å². The summed E-state index contributed by atoms with van der Waals surface area (Å²) in [7, 11) is -3.66. The predicted octanol–water partition coefficient (Wildman–Crippen LogP) is 4.99. The minimum Gasteiger partial charge on any atom is -0.321 e. The summed E-state index contributed by atoms with van der Waals surface area (Å²) in [6.45, 7) is 0.767. The Kier molecular flexibility index (Phi) is 5.84. The summed E-state index contributed by atoms with van der Waals surface area (Å²) >= 11 is 12.0. The monoisotopic (exact) mass is 460 g/mol.